The van der Waals surface area contributed by atoms with Gasteiger partial charge < -0.3 is 4.98 Å². The van der Waals surface area contributed by atoms with Gasteiger partial charge in [0.2, 0.25) is 0 Å². The number of thiazole rings is 1. The highest BCUT2D eigenvalue weighted by Crippen LogP contribution is 2.28. The minimum atomic E-state index is -0.172. The summed E-state index contributed by atoms with van der Waals surface area (Å²) in [4.78, 5) is 28.8. The summed E-state index contributed by atoms with van der Waals surface area (Å²) in [5.41, 5.74) is 1.25. The third-order valence-corrected chi connectivity index (χ3v) is 5.09. The first kappa shape index (κ1) is 14.0. The molecule has 0 aliphatic rings. The van der Waals surface area contributed by atoms with E-state index < -0.39 is 0 Å². The normalized spacial score (nSPS) is 11.5. The number of hydrogen-bond donors (Lipinski definition) is 1. The van der Waals surface area contributed by atoms with Gasteiger partial charge >= 0.3 is 0 Å². The SMILES string of the molecule is O=c1[nH]c(/C=C/c2csc(-c3cccs3)n2)nc2cnccc12. The van der Waals surface area contributed by atoms with Gasteiger partial charge in [0.05, 0.1) is 27.7 Å². The summed E-state index contributed by atoms with van der Waals surface area (Å²) in [5.74, 6) is 0.487. The van der Waals surface area contributed by atoms with Crippen LogP contribution in [0.3, 0.4) is 0 Å². The van der Waals surface area contributed by atoms with E-state index >= 15 is 0 Å². The Morgan fingerprint density at radius 3 is 2.96 bits per heavy atom. The molecule has 7 heteroatoms. The molecule has 112 valence electrons. The zero-order valence-electron chi connectivity index (χ0n) is 11.8. The minimum absolute atomic E-state index is 0.172. The molecule has 1 N–H and O–H groups in total. The van der Waals surface area contributed by atoms with E-state index in [1.807, 2.05) is 29.0 Å². The lowest BCUT2D eigenvalue weighted by Crippen LogP contribution is -2.09. The molecule has 0 fully saturated rings. The second-order valence-electron chi connectivity index (χ2n) is 4.73. The van der Waals surface area contributed by atoms with E-state index in [4.69, 9.17) is 0 Å². The Balaban J connectivity index is 1.65. The monoisotopic (exact) mass is 338 g/mol. The van der Waals surface area contributed by atoms with Gasteiger partial charge in [0.15, 0.2) is 0 Å². The maximum absolute atomic E-state index is 12.0. The summed E-state index contributed by atoms with van der Waals surface area (Å²) in [6.45, 7) is 0. The molecule has 0 aliphatic heterocycles. The van der Waals surface area contributed by atoms with Crippen molar-refractivity contribution in [2.24, 2.45) is 0 Å². The Kier molecular flexibility index (Phi) is 3.57. The van der Waals surface area contributed by atoms with Crippen molar-refractivity contribution in [3.8, 4) is 9.88 Å². The van der Waals surface area contributed by atoms with Gasteiger partial charge in [0, 0.05) is 11.6 Å². The molecule has 0 amide bonds. The second kappa shape index (κ2) is 5.86. The lowest BCUT2D eigenvalue weighted by atomic mass is 10.3. The molecule has 4 aromatic rings. The van der Waals surface area contributed by atoms with Crippen LogP contribution in [0, 0.1) is 0 Å². The molecule has 0 bridgehead atoms. The van der Waals surface area contributed by atoms with Crippen molar-refractivity contribution in [3.63, 3.8) is 0 Å². The Morgan fingerprint density at radius 2 is 2.09 bits per heavy atom. The van der Waals surface area contributed by atoms with Crippen LogP contribution in [0.4, 0.5) is 0 Å². The summed E-state index contributed by atoms with van der Waals surface area (Å²) in [5, 5.41) is 5.53. The lowest BCUT2D eigenvalue weighted by Gasteiger charge is -1.97. The number of hydrogen-bond acceptors (Lipinski definition) is 6. The Hall–Kier alpha value is -2.64. The van der Waals surface area contributed by atoms with Gasteiger partial charge in [0.25, 0.3) is 5.56 Å². The Morgan fingerprint density at radius 1 is 1.13 bits per heavy atom. The molecule has 0 atom stereocenters. The highest BCUT2D eigenvalue weighted by molar-refractivity contribution is 7.20. The molecule has 0 saturated heterocycles. The van der Waals surface area contributed by atoms with Gasteiger partial charge in [-0.3, -0.25) is 9.78 Å². The highest BCUT2D eigenvalue weighted by atomic mass is 32.1. The Labute approximate surface area is 139 Å². The number of nitrogens with zero attached hydrogens (tertiary/aromatic N) is 3. The molecular weight excluding hydrogens is 328 g/mol. The zero-order chi connectivity index (χ0) is 15.6. The first-order chi connectivity index (χ1) is 11.3. The number of nitrogens with one attached hydrogen (secondary N) is 1. The van der Waals surface area contributed by atoms with E-state index in [1.165, 1.54) is 0 Å². The molecule has 4 aromatic heterocycles. The van der Waals surface area contributed by atoms with Gasteiger partial charge in [-0.05, 0) is 29.7 Å². The number of pyridine rings is 1. The topological polar surface area (TPSA) is 71.5 Å². The van der Waals surface area contributed by atoms with Crippen LogP contribution in [0.5, 0.6) is 0 Å². The van der Waals surface area contributed by atoms with Gasteiger partial charge in [-0.1, -0.05) is 6.07 Å². The fraction of sp³-hybridized carbons (Fsp3) is 0. The summed E-state index contributed by atoms with van der Waals surface area (Å²) in [7, 11) is 0. The third kappa shape index (κ3) is 2.84. The van der Waals surface area contributed by atoms with E-state index in [-0.39, 0.29) is 5.56 Å². The number of fused-ring (bicyclic) bond motifs is 1. The molecule has 0 unspecified atom stereocenters. The van der Waals surface area contributed by atoms with Crippen molar-refractivity contribution in [1.29, 1.82) is 0 Å². The summed E-state index contributed by atoms with van der Waals surface area (Å²) >= 11 is 3.26. The van der Waals surface area contributed by atoms with E-state index in [1.54, 1.807) is 47.2 Å². The van der Waals surface area contributed by atoms with Crippen LogP contribution in [0.15, 0.2) is 46.1 Å². The Bertz CT molecular complexity index is 1050. The zero-order valence-corrected chi connectivity index (χ0v) is 13.4. The molecule has 0 saturated carbocycles. The van der Waals surface area contributed by atoms with E-state index in [0.29, 0.717) is 16.7 Å². The van der Waals surface area contributed by atoms with Gasteiger partial charge in [-0.25, -0.2) is 9.97 Å². The van der Waals surface area contributed by atoms with Crippen LogP contribution >= 0.6 is 22.7 Å². The standard InChI is InChI=1S/C16H10N4OS2/c21-15-11-5-6-17-8-12(11)19-14(20-15)4-3-10-9-23-16(18-10)13-2-1-7-22-13/h1-9H,(H,19,20,21)/b4-3+. The first-order valence-corrected chi connectivity index (χ1v) is 8.57. The maximum Gasteiger partial charge on any atom is 0.259 e. The van der Waals surface area contributed by atoms with Crippen molar-refractivity contribution < 1.29 is 0 Å². The minimum Gasteiger partial charge on any atom is -0.306 e. The molecule has 5 nitrogen and oxygen atoms in total. The quantitative estimate of drug-likeness (QED) is 0.618. The molecule has 4 heterocycles. The van der Waals surface area contributed by atoms with Gasteiger partial charge in [-0.2, -0.15) is 0 Å². The summed E-state index contributed by atoms with van der Waals surface area (Å²) in [6.07, 6.45) is 6.75. The molecule has 4 rings (SSSR count). The van der Waals surface area contributed by atoms with Crippen molar-refractivity contribution >= 4 is 45.7 Å². The van der Waals surface area contributed by atoms with Crippen LogP contribution in [0.2, 0.25) is 0 Å². The first-order valence-electron chi connectivity index (χ1n) is 6.81. The maximum atomic E-state index is 12.0. The number of H-pyrrole nitrogens is 1. The number of aromatic amines is 1. The molecule has 0 radical (unpaired) electrons. The average Bonchev–Trinajstić information content (AvgIpc) is 3.24. The third-order valence-electron chi connectivity index (χ3n) is 3.19. The number of thiophene rings is 1. The van der Waals surface area contributed by atoms with Crippen LogP contribution in [0.25, 0.3) is 32.9 Å². The average molecular weight is 338 g/mol. The highest BCUT2D eigenvalue weighted by Gasteiger charge is 2.04. The number of rotatable bonds is 3. The van der Waals surface area contributed by atoms with Crippen molar-refractivity contribution in [2.45, 2.75) is 0 Å². The molecule has 0 aliphatic carbocycles. The molecule has 23 heavy (non-hydrogen) atoms. The van der Waals surface area contributed by atoms with E-state index in [9.17, 15) is 4.79 Å². The second-order valence-corrected chi connectivity index (χ2v) is 6.54. The van der Waals surface area contributed by atoms with Crippen LogP contribution in [-0.2, 0) is 0 Å². The van der Waals surface area contributed by atoms with Gasteiger partial charge in [0.1, 0.15) is 10.8 Å². The summed E-state index contributed by atoms with van der Waals surface area (Å²) < 4.78 is 0. The smallest absolute Gasteiger partial charge is 0.259 e. The van der Waals surface area contributed by atoms with E-state index in [2.05, 4.69) is 19.9 Å². The van der Waals surface area contributed by atoms with E-state index in [0.717, 1.165) is 15.6 Å². The van der Waals surface area contributed by atoms with Crippen molar-refractivity contribution in [1.82, 2.24) is 19.9 Å². The fourth-order valence-electron chi connectivity index (χ4n) is 2.13. The molecular formula is C16H10N4OS2. The van der Waals surface area contributed by atoms with Crippen molar-refractivity contribution in [2.75, 3.05) is 0 Å². The van der Waals surface area contributed by atoms with Crippen LogP contribution < -0.4 is 5.56 Å². The van der Waals surface area contributed by atoms with Gasteiger partial charge in [-0.15, -0.1) is 22.7 Å². The molecule has 0 aromatic carbocycles. The number of aromatic nitrogens is 4. The predicted octanol–water partition coefficient (Wildman–Crippen LogP) is 3.67. The van der Waals surface area contributed by atoms with Crippen LogP contribution in [0.1, 0.15) is 11.5 Å². The lowest BCUT2D eigenvalue weighted by molar-refractivity contribution is 1.13. The van der Waals surface area contributed by atoms with Crippen molar-refractivity contribution in [3.05, 3.63) is 63.2 Å². The fourth-order valence-corrected chi connectivity index (χ4v) is 3.73. The predicted molar refractivity (Wildman–Crippen MR) is 94.5 cm³/mol. The molecule has 0 spiro atoms. The van der Waals surface area contributed by atoms with Crippen LogP contribution in [-0.4, -0.2) is 19.9 Å². The summed E-state index contributed by atoms with van der Waals surface area (Å²) in [6, 6.07) is 5.71. The largest absolute Gasteiger partial charge is 0.306 e.